The number of carbonyl (C=O) groups is 1. The van der Waals surface area contributed by atoms with Crippen LogP contribution in [-0.4, -0.2) is 29.4 Å². The number of amides is 1. The summed E-state index contributed by atoms with van der Waals surface area (Å²) in [5.74, 6) is 0.359. The van der Waals surface area contributed by atoms with Crippen LogP contribution < -0.4 is 10.1 Å². The van der Waals surface area contributed by atoms with Crippen LogP contribution >= 0.6 is 28.1 Å². The van der Waals surface area contributed by atoms with E-state index in [1.54, 1.807) is 12.1 Å². The van der Waals surface area contributed by atoms with E-state index in [1.165, 1.54) is 6.20 Å². The SMILES string of the molecule is O=C(CBr)NCCCOc1cccnc1SF. The van der Waals surface area contributed by atoms with Gasteiger partial charge in [-0.15, -0.1) is 0 Å². The Kier molecular flexibility index (Phi) is 6.95. The second kappa shape index (κ2) is 8.30. The third kappa shape index (κ3) is 5.36. The fourth-order valence-corrected chi connectivity index (χ4v) is 1.58. The van der Waals surface area contributed by atoms with E-state index in [4.69, 9.17) is 4.74 Å². The maximum atomic E-state index is 12.4. The summed E-state index contributed by atoms with van der Waals surface area (Å²) in [5.41, 5.74) is 0. The summed E-state index contributed by atoms with van der Waals surface area (Å²) in [4.78, 5) is 14.7. The van der Waals surface area contributed by atoms with E-state index in [1.807, 2.05) is 0 Å². The summed E-state index contributed by atoms with van der Waals surface area (Å²) in [6.07, 6.45) is 2.16. The number of carbonyl (C=O) groups excluding carboxylic acids is 1. The Morgan fingerprint density at radius 1 is 1.65 bits per heavy atom. The smallest absolute Gasteiger partial charge is 0.230 e. The molecule has 0 unspecified atom stereocenters. The van der Waals surface area contributed by atoms with Crippen molar-refractivity contribution < 1.29 is 13.4 Å². The number of nitrogens with one attached hydrogen (secondary N) is 1. The molecule has 0 aliphatic rings. The molecular formula is C10H12BrFN2O2S. The van der Waals surface area contributed by atoms with Crippen LogP contribution in [0.5, 0.6) is 5.75 Å². The molecule has 0 aliphatic heterocycles. The van der Waals surface area contributed by atoms with E-state index in [9.17, 15) is 8.68 Å². The number of pyridine rings is 1. The van der Waals surface area contributed by atoms with Gasteiger partial charge in [-0.25, -0.2) is 4.98 Å². The molecule has 1 aromatic rings. The first-order valence-electron chi connectivity index (χ1n) is 4.97. The highest BCUT2D eigenvalue weighted by molar-refractivity contribution is 9.09. The second-order valence-corrected chi connectivity index (χ2v) is 4.17. The van der Waals surface area contributed by atoms with Crippen molar-refractivity contribution in [2.45, 2.75) is 11.4 Å². The van der Waals surface area contributed by atoms with Gasteiger partial charge in [0.25, 0.3) is 0 Å². The van der Waals surface area contributed by atoms with Crippen LogP contribution in [0.2, 0.25) is 0 Å². The van der Waals surface area contributed by atoms with Crippen LogP contribution in [0, 0.1) is 0 Å². The number of ether oxygens (including phenoxy) is 1. The third-order valence-electron chi connectivity index (χ3n) is 1.83. The zero-order chi connectivity index (χ0) is 12.5. The quantitative estimate of drug-likeness (QED) is 0.618. The molecular weight excluding hydrogens is 311 g/mol. The molecule has 0 atom stereocenters. The van der Waals surface area contributed by atoms with Crippen molar-refractivity contribution in [2.24, 2.45) is 0 Å². The molecule has 0 aliphatic carbocycles. The van der Waals surface area contributed by atoms with Gasteiger partial charge in [0.2, 0.25) is 5.91 Å². The highest BCUT2D eigenvalue weighted by Crippen LogP contribution is 2.26. The third-order valence-corrected chi connectivity index (χ3v) is 2.79. The molecule has 1 rings (SSSR count). The fraction of sp³-hybridized carbons (Fsp3) is 0.400. The van der Waals surface area contributed by atoms with Gasteiger partial charge in [0.05, 0.1) is 11.9 Å². The van der Waals surface area contributed by atoms with Gasteiger partial charge >= 0.3 is 0 Å². The summed E-state index contributed by atoms with van der Waals surface area (Å²) < 4.78 is 17.8. The number of hydrogen-bond acceptors (Lipinski definition) is 4. The molecule has 1 heterocycles. The maximum Gasteiger partial charge on any atom is 0.230 e. The van der Waals surface area contributed by atoms with Crippen molar-refractivity contribution in [3.05, 3.63) is 18.3 Å². The normalized spacial score (nSPS) is 10.0. The van der Waals surface area contributed by atoms with Crippen LogP contribution in [0.4, 0.5) is 3.89 Å². The van der Waals surface area contributed by atoms with Gasteiger partial charge < -0.3 is 10.1 Å². The van der Waals surface area contributed by atoms with E-state index in [0.29, 0.717) is 30.7 Å². The van der Waals surface area contributed by atoms with Crippen LogP contribution in [-0.2, 0) is 4.79 Å². The van der Waals surface area contributed by atoms with E-state index >= 15 is 0 Å². The Morgan fingerprint density at radius 3 is 3.18 bits per heavy atom. The summed E-state index contributed by atoms with van der Waals surface area (Å²) in [5, 5.41) is 3.20. The number of rotatable bonds is 7. The highest BCUT2D eigenvalue weighted by Gasteiger charge is 2.05. The Balaban J connectivity index is 2.24. The fourth-order valence-electron chi connectivity index (χ4n) is 1.07. The molecule has 0 aromatic carbocycles. The van der Waals surface area contributed by atoms with E-state index < -0.39 is 0 Å². The molecule has 0 saturated carbocycles. The highest BCUT2D eigenvalue weighted by atomic mass is 79.9. The maximum absolute atomic E-state index is 12.4. The van der Waals surface area contributed by atoms with E-state index in [2.05, 4.69) is 26.2 Å². The lowest BCUT2D eigenvalue weighted by atomic mass is 10.4. The predicted octanol–water partition coefficient (Wildman–Crippen LogP) is 2.34. The van der Waals surface area contributed by atoms with Crippen molar-refractivity contribution in [3.8, 4) is 5.75 Å². The first kappa shape index (κ1) is 14.2. The molecule has 0 fully saturated rings. The first-order chi connectivity index (χ1) is 8.27. The zero-order valence-electron chi connectivity index (χ0n) is 8.99. The Labute approximate surface area is 112 Å². The standard InChI is InChI=1S/C10H12BrFN2O2S/c11-7-9(15)13-5-2-6-16-8-3-1-4-14-10(8)17-12/h1,3-4H,2,5-7H2,(H,13,15). The average molecular weight is 323 g/mol. The lowest BCUT2D eigenvalue weighted by molar-refractivity contribution is -0.118. The first-order valence-corrected chi connectivity index (χ1v) is 6.81. The van der Waals surface area contributed by atoms with Gasteiger partial charge in [0, 0.05) is 12.7 Å². The van der Waals surface area contributed by atoms with Gasteiger partial charge in [-0.05, 0) is 18.6 Å². The monoisotopic (exact) mass is 322 g/mol. The number of aromatic nitrogens is 1. The molecule has 1 amide bonds. The number of halogens is 2. The van der Waals surface area contributed by atoms with Gasteiger partial charge in [0.15, 0.2) is 10.8 Å². The van der Waals surface area contributed by atoms with Gasteiger partial charge in [-0.2, -0.15) is 3.89 Å². The molecule has 94 valence electrons. The Hall–Kier alpha value is -0.820. The minimum atomic E-state index is -0.0635. The summed E-state index contributed by atoms with van der Waals surface area (Å²) >= 11 is 3.10. The Bertz CT molecular complexity index is 368. The molecule has 0 bridgehead atoms. The van der Waals surface area contributed by atoms with Crippen molar-refractivity contribution in [2.75, 3.05) is 18.5 Å². The molecule has 17 heavy (non-hydrogen) atoms. The molecule has 0 spiro atoms. The molecule has 0 saturated heterocycles. The number of alkyl halides is 1. The summed E-state index contributed by atoms with van der Waals surface area (Å²) in [6.45, 7) is 0.935. The predicted molar refractivity (Wildman–Crippen MR) is 68.1 cm³/mol. The molecule has 7 heteroatoms. The topological polar surface area (TPSA) is 51.2 Å². The lowest BCUT2D eigenvalue weighted by Crippen LogP contribution is -2.26. The van der Waals surface area contributed by atoms with Crippen LogP contribution in [0.1, 0.15) is 6.42 Å². The van der Waals surface area contributed by atoms with Crippen LogP contribution in [0.25, 0.3) is 0 Å². The summed E-state index contributed by atoms with van der Waals surface area (Å²) in [6, 6.07) is 3.34. The van der Waals surface area contributed by atoms with Crippen molar-refractivity contribution in [1.29, 1.82) is 0 Å². The molecule has 1 aromatic heterocycles. The molecule has 1 N–H and O–H groups in total. The Morgan fingerprint density at radius 2 is 2.47 bits per heavy atom. The van der Waals surface area contributed by atoms with Crippen molar-refractivity contribution in [1.82, 2.24) is 10.3 Å². The largest absolute Gasteiger partial charge is 0.491 e. The number of nitrogens with zero attached hydrogens (tertiary/aromatic N) is 1. The van der Waals surface area contributed by atoms with Crippen molar-refractivity contribution in [3.63, 3.8) is 0 Å². The van der Waals surface area contributed by atoms with Gasteiger partial charge in [-0.1, -0.05) is 15.9 Å². The van der Waals surface area contributed by atoms with Crippen LogP contribution in [0.15, 0.2) is 23.4 Å². The second-order valence-electron chi connectivity index (χ2n) is 3.07. The minimum absolute atomic E-state index is 0.0557. The zero-order valence-corrected chi connectivity index (χ0v) is 11.4. The van der Waals surface area contributed by atoms with E-state index in [-0.39, 0.29) is 23.1 Å². The summed E-state index contributed by atoms with van der Waals surface area (Å²) in [7, 11) is 0. The number of hydrogen-bond donors (Lipinski definition) is 1. The minimum Gasteiger partial charge on any atom is -0.491 e. The lowest BCUT2D eigenvalue weighted by Gasteiger charge is -2.08. The molecule has 4 nitrogen and oxygen atoms in total. The van der Waals surface area contributed by atoms with Gasteiger partial charge in [0.1, 0.15) is 12.1 Å². The average Bonchev–Trinajstić information content (AvgIpc) is 2.38. The van der Waals surface area contributed by atoms with Crippen LogP contribution in [0.3, 0.4) is 0 Å². The van der Waals surface area contributed by atoms with E-state index in [0.717, 1.165) is 0 Å². The van der Waals surface area contributed by atoms with Crippen molar-refractivity contribution >= 4 is 34.0 Å². The molecule has 0 radical (unpaired) electrons. The van der Waals surface area contributed by atoms with Gasteiger partial charge in [-0.3, -0.25) is 4.79 Å².